The first-order chi connectivity index (χ1) is 18.7. The number of rotatable bonds is 14. The molecule has 0 fully saturated rings. The van der Waals surface area contributed by atoms with Gasteiger partial charge in [0.25, 0.3) is 0 Å². The van der Waals surface area contributed by atoms with Gasteiger partial charge in [0.1, 0.15) is 24.7 Å². The van der Waals surface area contributed by atoms with Crippen molar-refractivity contribution in [2.75, 3.05) is 40.6 Å². The van der Waals surface area contributed by atoms with Crippen LogP contribution in [0.2, 0.25) is 0 Å². The summed E-state index contributed by atoms with van der Waals surface area (Å²) in [7, 11) is 3.06. The molecule has 0 saturated carbocycles. The number of carbonyl (C=O) groups is 2. The number of hydrogen-bond donors (Lipinski definition) is 0. The third kappa shape index (κ3) is 7.85. The lowest BCUT2D eigenvalue weighted by molar-refractivity contribution is -0.149. The Kier molecular flexibility index (Phi) is 11.0. The Bertz CT molecular complexity index is 1270. The Morgan fingerprint density at radius 1 is 0.821 bits per heavy atom. The molecule has 1 aliphatic rings. The van der Waals surface area contributed by atoms with Crippen molar-refractivity contribution >= 4 is 34.3 Å². The number of esters is 2. The molecule has 0 aliphatic heterocycles. The normalized spacial score (nSPS) is 14.0. The molecule has 2 atom stereocenters. The smallest absolute Gasteiger partial charge is 0.333 e. The third-order valence-electron chi connectivity index (χ3n) is 5.98. The molecule has 3 rings (SSSR count). The molecule has 0 radical (unpaired) electrons. The molecule has 0 saturated heterocycles. The second kappa shape index (κ2) is 14.2. The molecule has 2 unspecified atom stereocenters. The highest BCUT2D eigenvalue weighted by molar-refractivity contribution is 6.30. The molecule has 2 aromatic rings. The monoisotopic (exact) mass is 558 g/mol. The summed E-state index contributed by atoms with van der Waals surface area (Å²) in [5.74, 6) is 0.265. The van der Waals surface area contributed by atoms with Crippen LogP contribution >= 0.6 is 11.6 Å². The molecule has 210 valence electrons. The van der Waals surface area contributed by atoms with Gasteiger partial charge in [0, 0.05) is 58.7 Å². The van der Waals surface area contributed by atoms with E-state index in [9.17, 15) is 9.59 Å². The van der Waals surface area contributed by atoms with Crippen LogP contribution in [-0.4, -0.2) is 64.8 Å². The van der Waals surface area contributed by atoms with Crippen molar-refractivity contribution in [3.8, 4) is 11.5 Å². The minimum absolute atomic E-state index is 0.0671. The summed E-state index contributed by atoms with van der Waals surface area (Å²) in [6.07, 6.45) is 1.63. The van der Waals surface area contributed by atoms with E-state index in [1.165, 1.54) is 14.2 Å². The quantitative estimate of drug-likeness (QED) is 0.234. The number of hydrogen-bond acceptors (Lipinski definition) is 8. The Morgan fingerprint density at radius 3 is 1.72 bits per heavy atom. The van der Waals surface area contributed by atoms with Crippen molar-refractivity contribution in [3.63, 3.8) is 0 Å². The minimum atomic E-state index is -0.642. The molecule has 0 heterocycles. The molecule has 39 heavy (non-hydrogen) atoms. The van der Waals surface area contributed by atoms with Crippen LogP contribution in [0.5, 0.6) is 11.5 Å². The molecule has 0 amide bonds. The van der Waals surface area contributed by atoms with E-state index in [2.05, 4.69) is 13.2 Å². The highest BCUT2D eigenvalue weighted by atomic mass is 35.5. The van der Waals surface area contributed by atoms with E-state index in [0.29, 0.717) is 34.9 Å². The van der Waals surface area contributed by atoms with Crippen molar-refractivity contribution in [2.45, 2.75) is 38.9 Å². The van der Waals surface area contributed by atoms with Crippen LogP contribution in [0.25, 0.3) is 10.8 Å². The number of fused-ring (bicyclic) bond motifs is 2. The molecular formula is C30H35ClO8. The number of allylic oxidation sites excluding steroid dienone is 2. The van der Waals surface area contributed by atoms with Gasteiger partial charge >= 0.3 is 11.9 Å². The maximum atomic E-state index is 12.1. The first-order valence-electron chi connectivity index (χ1n) is 12.5. The van der Waals surface area contributed by atoms with E-state index in [1.807, 2.05) is 30.3 Å². The van der Waals surface area contributed by atoms with E-state index in [4.69, 9.17) is 40.0 Å². The van der Waals surface area contributed by atoms with Crippen molar-refractivity contribution in [1.82, 2.24) is 0 Å². The van der Waals surface area contributed by atoms with Crippen LogP contribution in [0.1, 0.15) is 25.0 Å². The predicted molar refractivity (Wildman–Crippen MR) is 149 cm³/mol. The SMILES string of the molecule is C=C(C)C(=O)OC(COC)COc1c2c(c(OCC(COC)OC(=O)C(=C)C)c3ccccc13)CC(Cl)=CC2. The van der Waals surface area contributed by atoms with E-state index >= 15 is 0 Å². The van der Waals surface area contributed by atoms with E-state index in [0.717, 1.165) is 21.9 Å². The minimum Gasteiger partial charge on any atom is -0.489 e. The first kappa shape index (κ1) is 30.2. The molecule has 2 aromatic carbocycles. The van der Waals surface area contributed by atoms with Crippen molar-refractivity contribution in [3.05, 3.63) is 70.8 Å². The molecule has 0 bridgehead atoms. The number of carbonyl (C=O) groups excluding carboxylic acids is 2. The second-order valence-electron chi connectivity index (χ2n) is 9.34. The van der Waals surface area contributed by atoms with Gasteiger partial charge < -0.3 is 28.4 Å². The molecule has 9 heteroatoms. The van der Waals surface area contributed by atoms with Crippen LogP contribution in [-0.2, 0) is 41.4 Å². The van der Waals surface area contributed by atoms with E-state index < -0.39 is 24.1 Å². The molecule has 0 spiro atoms. The maximum absolute atomic E-state index is 12.1. The first-order valence-corrected chi connectivity index (χ1v) is 12.9. The summed E-state index contributed by atoms with van der Waals surface area (Å²) < 4.78 is 34.1. The number of methoxy groups -OCH3 is 2. The van der Waals surface area contributed by atoms with Crippen LogP contribution in [0.3, 0.4) is 0 Å². The highest BCUT2D eigenvalue weighted by Crippen LogP contribution is 2.44. The third-order valence-corrected chi connectivity index (χ3v) is 6.27. The fourth-order valence-corrected chi connectivity index (χ4v) is 4.34. The summed E-state index contributed by atoms with van der Waals surface area (Å²) in [6.45, 7) is 10.9. The summed E-state index contributed by atoms with van der Waals surface area (Å²) in [6, 6.07) is 7.69. The number of ether oxygens (including phenoxy) is 6. The van der Waals surface area contributed by atoms with Gasteiger partial charge in [-0.05, 0) is 20.3 Å². The van der Waals surface area contributed by atoms with Gasteiger partial charge in [0.15, 0.2) is 12.2 Å². The zero-order valence-corrected chi connectivity index (χ0v) is 23.6. The second-order valence-corrected chi connectivity index (χ2v) is 9.83. The Morgan fingerprint density at radius 2 is 1.28 bits per heavy atom. The summed E-state index contributed by atoms with van der Waals surface area (Å²) in [4.78, 5) is 24.3. The Balaban J connectivity index is 1.98. The van der Waals surface area contributed by atoms with Crippen LogP contribution < -0.4 is 9.47 Å². The average molecular weight is 559 g/mol. The lowest BCUT2D eigenvalue weighted by Gasteiger charge is -2.26. The summed E-state index contributed by atoms with van der Waals surface area (Å²) in [5, 5.41) is 2.31. The van der Waals surface area contributed by atoms with Gasteiger partial charge in [-0.25, -0.2) is 9.59 Å². The molecule has 0 aromatic heterocycles. The standard InChI is InChI=1S/C30H35ClO8/c1-18(2)29(32)38-21(14-34-5)16-36-27-23-9-7-8-10-24(23)28(26-13-20(31)11-12-25(26)27)37-17-22(15-35-6)39-30(33)19(3)4/h7-11,21-22H,1,3,12-17H2,2,4-6H3. The molecule has 0 N–H and O–H groups in total. The summed E-state index contributed by atoms with van der Waals surface area (Å²) >= 11 is 6.48. The highest BCUT2D eigenvalue weighted by Gasteiger charge is 2.27. The van der Waals surface area contributed by atoms with Crippen LogP contribution in [0.15, 0.2) is 59.7 Å². The average Bonchev–Trinajstić information content (AvgIpc) is 2.90. The zero-order valence-electron chi connectivity index (χ0n) is 22.8. The number of halogens is 1. The van der Waals surface area contributed by atoms with Crippen molar-refractivity contribution in [1.29, 1.82) is 0 Å². The molecule has 8 nitrogen and oxygen atoms in total. The maximum Gasteiger partial charge on any atom is 0.333 e. The molecule has 1 aliphatic carbocycles. The Labute approximate surface area is 234 Å². The lowest BCUT2D eigenvalue weighted by Crippen LogP contribution is -2.30. The van der Waals surface area contributed by atoms with Crippen LogP contribution in [0.4, 0.5) is 0 Å². The predicted octanol–water partition coefficient (Wildman–Crippen LogP) is 5.09. The zero-order chi connectivity index (χ0) is 28.5. The lowest BCUT2D eigenvalue weighted by atomic mass is 9.90. The van der Waals surface area contributed by atoms with Gasteiger partial charge in [-0.3, -0.25) is 0 Å². The van der Waals surface area contributed by atoms with Crippen LogP contribution in [0, 0.1) is 0 Å². The van der Waals surface area contributed by atoms with Gasteiger partial charge in [0.05, 0.1) is 13.2 Å². The molecular weight excluding hydrogens is 524 g/mol. The van der Waals surface area contributed by atoms with Crippen molar-refractivity contribution < 1.29 is 38.0 Å². The van der Waals surface area contributed by atoms with Gasteiger partial charge in [0.2, 0.25) is 0 Å². The van der Waals surface area contributed by atoms with Gasteiger partial charge in [-0.15, -0.1) is 0 Å². The largest absolute Gasteiger partial charge is 0.489 e. The fourth-order valence-electron chi connectivity index (χ4n) is 4.13. The van der Waals surface area contributed by atoms with E-state index in [-0.39, 0.29) is 32.0 Å². The topological polar surface area (TPSA) is 89.5 Å². The van der Waals surface area contributed by atoms with Crippen molar-refractivity contribution in [2.24, 2.45) is 0 Å². The van der Waals surface area contributed by atoms with Gasteiger partial charge in [-0.2, -0.15) is 0 Å². The summed E-state index contributed by atoms with van der Waals surface area (Å²) in [5.41, 5.74) is 2.37. The fraction of sp³-hybridized carbons (Fsp3) is 0.400. The number of benzene rings is 2. The van der Waals surface area contributed by atoms with Gasteiger partial charge in [-0.1, -0.05) is 55.1 Å². The van der Waals surface area contributed by atoms with E-state index in [1.54, 1.807) is 13.8 Å². The Hall–Kier alpha value is -3.33.